The predicted molar refractivity (Wildman–Crippen MR) is 120 cm³/mol. The number of nitrogens with one attached hydrogen (secondary N) is 1. The fraction of sp³-hybridized carbons (Fsp3) is 0.680. The number of anilines is 1. The number of piperazine rings is 1. The topological polar surface area (TPSA) is 59.4 Å². The van der Waals surface area contributed by atoms with E-state index < -0.39 is 0 Å². The molecule has 0 bridgehead atoms. The van der Waals surface area contributed by atoms with Gasteiger partial charge in [-0.1, -0.05) is 12.1 Å². The Morgan fingerprint density at radius 2 is 1.83 bits per heavy atom. The van der Waals surface area contributed by atoms with E-state index in [-0.39, 0.29) is 18.4 Å². The average molecular weight is 409 g/mol. The molecule has 0 spiro atoms. The number of fused-ring (bicyclic) bond motifs is 1. The van der Waals surface area contributed by atoms with Gasteiger partial charge in [0.05, 0.1) is 6.07 Å². The Hall–Kier alpha value is -2.06. The van der Waals surface area contributed by atoms with Crippen LogP contribution in [0.5, 0.6) is 0 Å². The van der Waals surface area contributed by atoms with Crippen molar-refractivity contribution < 1.29 is 4.79 Å². The van der Waals surface area contributed by atoms with Gasteiger partial charge in [-0.05, 0) is 87.4 Å². The van der Waals surface area contributed by atoms with Gasteiger partial charge in [-0.3, -0.25) is 9.69 Å². The lowest BCUT2D eigenvalue weighted by molar-refractivity contribution is -0.121. The Bertz CT molecular complexity index is 755. The molecule has 5 nitrogen and oxygen atoms in total. The molecule has 30 heavy (non-hydrogen) atoms. The third-order valence-corrected chi connectivity index (χ3v) is 7.39. The van der Waals surface area contributed by atoms with Gasteiger partial charge in [0.2, 0.25) is 5.91 Å². The fourth-order valence-corrected chi connectivity index (χ4v) is 5.58. The van der Waals surface area contributed by atoms with E-state index >= 15 is 0 Å². The Balaban J connectivity index is 1.18. The first kappa shape index (κ1) is 21.2. The Kier molecular flexibility index (Phi) is 7.28. The number of aryl methyl sites for hydroxylation is 1. The summed E-state index contributed by atoms with van der Waals surface area (Å²) in [7, 11) is 0. The minimum Gasteiger partial charge on any atom is -0.369 e. The van der Waals surface area contributed by atoms with Gasteiger partial charge in [-0.15, -0.1) is 0 Å². The highest BCUT2D eigenvalue weighted by molar-refractivity contribution is 5.78. The zero-order valence-electron chi connectivity index (χ0n) is 18.2. The largest absolute Gasteiger partial charge is 0.369 e. The second kappa shape index (κ2) is 10.3. The van der Waals surface area contributed by atoms with Gasteiger partial charge in [0.25, 0.3) is 0 Å². The molecular weight excluding hydrogens is 372 g/mol. The van der Waals surface area contributed by atoms with Crippen molar-refractivity contribution in [2.45, 2.75) is 70.3 Å². The molecule has 5 heteroatoms. The summed E-state index contributed by atoms with van der Waals surface area (Å²) in [6, 6.07) is 9.14. The first-order valence-corrected chi connectivity index (χ1v) is 12.0. The number of nitrogens with zero attached hydrogens (tertiary/aromatic N) is 3. The lowest BCUT2D eigenvalue weighted by Crippen LogP contribution is -2.47. The minimum atomic E-state index is -0.112. The third-order valence-electron chi connectivity index (χ3n) is 7.39. The van der Waals surface area contributed by atoms with Crippen LogP contribution in [-0.4, -0.2) is 49.6 Å². The summed E-state index contributed by atoms with van der Waals surface area (Å²) in [4.78, 5) is 16.9. The maximum absolute atomic E-state index is 11.6. The van der Waals surface area contributed by atoms with Crippen molar-refractivity contribution in [3.8, 4) is 6.07 Å². The van der Waals surface area contributed by atoms with E-state index in [9.17, 15) is 4.79 Å². The molecule has 1 N–H and O–H groups in total. The van der Waals surface area contributed by atoms with Gasteiger partial charge >= 0.3 is 0 Å². The van der Waals surface area contributed by atoms with Crippen molar-refractivity contribution in [2.75, 3.05) is 37.6 Å². The average Bonchev–Trinajstić information content (AvgIpc) is 2.79. The Morgan fingerprint density at radius 1 is 1.07 bits per heavy atom. The van der Waals surface area contributed by atoms with Crippen LogP contribution in [0.2, 0.25) is 0 Å². The molecule has 2 aliphatic carbocycles. The molecule has 1 aromatic rings. The molecule has 0 unspecified atom stereocenters. The molecule has 0 atom stereocenters. The van der Waals surface area contributed by atoms with E-state index in [2.05, 4.69) is 33.3 Å². The number of carbonyl (C=O) groups is 1. The molecular formula is C25H36N4O. The lowest BCUT2D eigenvalue weighted by Gasteiger charge is -2.38. The molecule has 1 heterocycles. The van der Waals surface area contributed by atoms with E-state index in [1.807, 2.05) is 6.07 Å². The molecule has 2 fully saturated rings. The highest BCUT2D eigenvalue weighted by atomic mass is 16.1. The van der Waals surface area contributed by atoms with Crippen LogP contribution in [0.15, 0.2) is 18.2 Å². The highest BCUT2D eigenvalue weighted by Crippen LogP contribution is 2.31. The third kappa shape index (κ3) is 5.35. The molecule has 1 aliphatic heterocycles. The predicted octanol–water partition coefficient (Wildman–Crippen LogP) is 3.67. The zero-order chi connectivity index (χ0) is 20.8. The monoisotopic (exact) mass is 408 g/mol. The van der Waals surface area contributed by atoms with Gasteiger partial charge in [0, 0.05) is 37.9 Å². The first-order valence-electron chi connectivity index (χ1n) is 12.0. The number of hydrogen-bond donors (Lipinski definition) is 1. The summed E-state index contributed by atoms with van der Waals surface area (Å²) in [6.07, 6.45) is 11.0. The van der Waals surface area contributed by atoms with E-state index in [0.29, 0.717) is 0 Å². The molecule has 1 amide bonds. The second-order valence-corrected chi connectivity index (χ2v) is 9.36. The Labute approximate surface area is 181 Å². The smallest absolute Gasteiger partial charge is 0.234 e. The Morgan fingerprint density at radius 3 is 2.60 bits per heavy atom. The molecule has 1 saturated heterocycles. The molecule has 162 valence electrons. The van der Waals surface area contributed by atoms with Crippen LogP contribution < -0.4 is 10.2 Å². The van der Waals surface area contributed by atoms with Crippen molar-refractivity contribution in [1.29, 1.82) is 5.26 Å². The van der Waals surface area contributed by atoms with Gasteiger partial charge < -0.3 is 10.2 Å². The molecule has 4 rings (SSSR count). The number of rotatable bonds is 6. The summed E-state index contributed by atoms with van der Waals surface area (Å²) in [5.41, 5.74) is 4.71. The van der Waals surface area contributed by atoms with E-state index in [4.69, 9.17) is 5.26 Å². The fourth-order valence-electron chi connectivity index (χ4n) is 5.58. The summed E-state index contributed by atoms with van der Waals surface area (Å²) >= 11 is 0. The number of amides is 1. The standard InChI is InChI=1S/C25H36N4O/c26-14-12-25(30)27-22-10-8-20(9-11-22)13-15-28-16-18-29(19-17-28)24-7-3-5-21-4-1-2-6-23(21)24/h3,5,7,20,22H,1-2,4,6,8-13,15-19H2,(H,27,30). The summed E-state index contributed by atoms with van der Waals surface area (Å²) < 4.78 is 0. The summed E-state index contributed by atoms with van der Waals surface area (Å²) in [5, 5.41) is 11.6. The SMILES string of the molecule is N#CCC(=O)NC1CCC(CCN2CCN(c3cccc4c3CCCC4)CC2)CC1. The van der Waals surface area contributed by atoms with Crippen LogP contribution in [0.25, 0.3) is 0 Å². The number of nitriles is 1. The van der Waals surface area contributed by atoms with Gasteiger partial charge in [-0.25, -0.2) is 0 Å². The summed E-state index contributed by atoms with van der Waals surface area (Å²) in [5.74, 6) is 0.673. The van der Waals surface area contributed by atoms with E-state index in [1.165, 1.54) is 70.3 Å². The van der Waals surface area contributed by atoms with Crippen LogP contribution in [0.1, 0.15) is 62.5 Å². The molecule has 0 aromatic heterocycles. The second-order valence-electron chi connectivity index (χ2n) is 9.36. The van der Waals surface area contributed by atoms with E-state index in [0.717, 1.165) is 31.8 Å². The van der Waals surface area contributed by atoms with Crippen LogP contribution in [-0.2, 0) is 17.6 Å². The van der Waals surface area contributed by atoms with Gasteiger partial charge in [-0.2, -0.15) is 5.26 Å². The highest BCUT2D eigenvalue weighted by Gasteiger charge is 2.25. The lowest BCUT2D eigenvalue weighted by atomic mass is 9.84. The van der Waals surface area contributed by atoms with E-state index in [1.54, 1.807) is 11.1 Å². The molecule has 0 radical (unpaired) electrons. The number of hydrogen-bond acceptors (Lipinski definition) is 4. The van der Waals surface area contributed by atoms with Crippen molar-refractivity contribution >= 4 is 11.6 Å². The van der Waals surface area contributed by atoms with Gasteiger partial charge in [0.15, 0.2) is 0 Å². The van der Waals surface area contributed by atoms with Crippen molar-refractivity contribution in [3.63, 3.8) is 0 Å². The van der Waals surface area contributed by atoms with Crippen LogP contribution in [0.4, 0.5) is 5.69 Å². The zero-order valence-corrected chi connectivity index (χ0v) is 18.2. The van der Waals surface area contributed by atoms with Crippen molar-refractivity contribution in [1.82, 2.24) is 10.2 Å². The molecule has 1 saturated carbocycles. The summed E-state index contributed by atoms with van der Waals surface area (Å²) in [6.45, 7) is 5.84. The first-order chi connectivity index (χ1) is 14.7. The maximum atomic E-state index is 11.6. The van der Waals surface area contributed by atoms with Crippen LogP contribution in [0, 0.1) is 17.2 Å². The molecule has 1 aromatic carbocycles. The minimum absolute atomic E-state index is 0.0162. The van der Waals surface area contributed by atoms with Crippen LogP contribution in [0.3, 0.4) is 0 Å². The van der Waals surface area contributed by atoms with Gasteiger partial charge in [0.1, 0.15) is 6.42 Å². The van der Waals surface area contributed by atoms with Crippen molar-refractivity contribution in [2.24, 2.45) is 5.92 Å². The molecule has 3 aliphatic rings. The van der Waals surface area contributed by atoms with Crippen LogP contribution >= 0.6 is 0 Å². The maximum Gasteiger partial charge on any atom is 0.234 e. The van der Waals surface area contributed by atoms with Crippen molar-refractivity contribution in [3.05, 3.63) is 29.3 Å². The number of carbonyl (C=O) groups excluding carboxylic acids is 1. The normalized spacial score (nSPS) is 24.7. The quantitative estimate of drug-likeness (QED) is 0.780. The number of benzene rings is 1.